The van der Waals surface area contributed by atoms with E-state index in [2.05, 4.69) is 29.0 Å². The second kappa shape index (κ2) is 6.25. The van der Waals surface area contributed by atoms with Crippen LogP contribution in [0.5, 0.6) is 0 Å². The molecule has 2 unspecified atom stereocenters. The van der Waals surface area contributed by atoms with Gasteiger partial charge in [0.2, 0.25) is 0 Å². The van der Waals surface area contributed by atoms with Crippen molar-refractivity contribution in [2.75, 3.05) is 19.6 Å². The Morgan fingerprint density at radius 1 is 1.56 bits per heavy atom. The third-order valence-electron chi connectivity index (χ3n) is 3.69. The van der Waals surface area contributed by atoms with E-state index in [0.29, 0.717) is 6.04 Å². The number of pyridine rings is 1. The van der Waals surface area contributed by atoms with E-state index in [1.54, 1.807) is 12.3 Å². The van der Waals surface area contributed by atoms with Crippen LogP contribution in [0.15, 0.2) is 18.5 Å². The minimum absolute atomic E-state index is 0.220. The smallest absolute Gasteiger partial charge is 0.141 e. The molecule has 0 aliphatic carbocycles. The first-order valence-corrected chi connectivity index (χ1v) is 6.79. The summed E-state index contributed by atoms with van der Waals surface area (Å²) in [5.41, 5.74) is 0.968. The molecule has 100 valence electrons. The molecule has 1 aliphatic rings. The molecule has 2 heterocycles. The topological polar surface area (TPSA) is 28.2 Å². The molecule has 1 aromatic rings. The Labute approximate surface area is 108 Å². The van der Waals surface area contributed by atoms with Crippen LogP contribution in [-0.4, -0.2) is 35.6 Å². The molecular formula is C14H22FN3. The van der Waals surface area contributed by atoms with E-state index < -0.39 is 0 Å². The number of aromatic nitrogens is 1. The van der Waals surface area contributed by atoms with Gasteiger partial charge in [-0.25, -0.2) is 4.39 Å². The van der Waals surface area contributed by atoms with Crippen LogP contribution in [0, 0.1) is 5.82 Å². The van der Waals surface area contributed by atoms with Gasteiger partial charge in [0, 0.05) is 24.8 Å². The van der Waals surface area contributed by atoms with E-state index in [0.717, 1.165) is 31.6 Å². The van der Waals surface area contributed by atoms with Crippen LogP contribution in [0.2, 0.25) is 0 Å². The van der Waals surface area contributed by atoms with Gasteiger partial charge in [-0.05, 0) is 44.5 Å². The molecule has 1 N–H and O–H groups in total. The van der Waals surface area contributed by atoms with Gasteiger partial charge in [0.25, 0.3) is 0 Å². The molecule has 0 saturated carbocycles. The fraction of sp³-hybridized carbons (Fsp3) is 0.643. The maximum atomic E-state index is 13.3. The standard InChI is InChI=1S/C14H22FN3/c1-3-6-18(14-4-5-16-10-14)11(2)12-7-13(15)9-17-8-12/h7-9,11,14,16H,3-6,10H2,1-2H3. The third-order valence-corrected chi connectivity index (χ3v) is 3.69. The summed E-state index contributed by atoms with van der Waals surface area (Å²) in [6.45, 7) is 7.49. The van der Waals surface area contributed by atoms with Gasteiger partial charge in [0.05, 0.1) is 6.20 Å². The van der Waals surface area contributed by atoms with Gasteiger partial charge >= 0.3 is 0 Å². The SMILES string of the molecule is CCCN(C1CCNC1)C(C)c1cncc(F)c1. The fourth-order valence-electron chi connectivity index (χ4n) is 2.72. The largest absolute Gasteiger partial charge is 0.315 e. The lowest BCUT2D eigenvalue weighted by Gasteiger charge is -2.34. The Balaban J connectivity index is 2.14. The number of halogens is 1. The van der Waals surface area contributed by atoms with E-state index in [4.69, 9.17) is 0 Å². The molecule has 0 spiro atoms. The van der Waals surface area contributed by atoms with Crippen LogP contribution in [-0.2, 0) is 0 Å². The molecule has 2 rings (SSSR count). The minimum Gasteiger partial charge on any atom is -0.315 e. The van der Waals surface area contributed by atoms with Crippen LogP contribution in [0.4, 0.5) is 4.39 Å². The highest BCUT2D eigenvalue weighted by molar-refractivity contribution is 5.15. The summed E-state index contributed by atoms with van der Waals surface area (Å²) in [5, 5.41) is 3.40. The lowest BCUT2D eigenvalue weighted by molar-refractivity contribution is 0.153. The molecule has 4 heteroatoms. The highest BCUT2D eigenvalue weighted by Crippen LogP contribution is 2.24. The van der Waals surface area contributed by atoms with Gasteiger partial charge in [-0.1, -0.05) is 6.92 Å². The molecule has 0 radical (unpaired) electrons. The van der Waals surface area contributed by atoms with E-state index >= 15 is 0 Å². The van der Waals surface area contributed by atoms with Crippen LogP contribution in [0.3, 0.4) is 0 Å². The first-order chi connectivity index (χ1) is 8.72. The lowest BCUT2D eigenvalue weighted by Crippen LogP contribution is -2.39. The summed E-state index contributed by atoms with van der Waals surface area (Å²) in [5.74, 6) is -0.250. The zero-order valence-corrected chi connectivity index (χ0v) is 11.2. The van der Waals surface area contributed by atoms with Gasteiger partial charge in [-0.3, -0.25) is 9.88 Å². The first kappa shape index (κ1) is 13.4. The van der Waals surface area contributed by atoms with Crippen molar-refractivity contribution in [2.24, 2.45) is 0 Å². The van der Waals surface area contributed by atoms with Crippen LogP contribution in [0.1, 0.15) is 38.3 Å². The summed E-state index contributed by atoms with van der Waals surface area (Å²) < 4.78 is 13.3. The van der Waals surface area contributed by atoms with Crippen molar-refractivity contribution in [2.45, 2.75) is 38.8 Å². The predicted molar refractivity (Wildman–Crippen MR) is 70.9 cm³/mol. The van der Waals surface area contributed by atoms with Gasteiger partial charge in [-0.2, -0.15) is 0 Å². The quantitative estimate of drug-likeness (QED) is 0.870. The molecule has 0 amide bonds. The molecule has 3 nitrogen and oxygen atoms in total. The van der Waals surface area contributed by atoms with Crippen LogP contribution < -0.4 is 5.32 Å². The Bertz CT molecular complexity index is 377. The summed E-state index contributed by atoms with van der Waals surface area (Å²) in [4.78, 5) is 6.43. The molecule has 0 aromatic carbocycles. The summed E-state index contributed by atoms with van der Waals surface area (Å²) in [6.07, 6.45) is 5.33. The average Bonchev–Trinajstić information content (AvgIpc) is 2.89. The Kier molecular flexibility index (Phi) is 4.66. The van der Waals surface area contributed by atoms with Gasteiger partial charge in [0.15, 0.2) is 0 Å². The number of hydrogen-bond donors (Lipinski definition) is 1. The molecular weight excluding hydrogens is 229 g/mol. The molecule has 1 aromatic heterocycles. The van der Waals surface area contributed by atoms with Gasteiger partial charge in [-0.15, -0.1) is 0 Å². The minimum atomic E-state index is -0.250. The van der Waals surface area contributed by atoms with Crippen molar-refractivity contribution < 1.29 is 4.39 Å². The molecule has 0 bridgehead atoms. The first-order valence-electron chi connectivity index (χ1n) is 6.79. The highest BCUT2D eigenvalue weighted by atomic mass is 19.1. The van der Waals surface area contributed by atoms with Gasteiger partial charge in [0.1, 0.15) is 5.82 Å². The van der Waals surface area contributed by atoms with Crippen molar-refractivity contribution in [3.8, 4) is 0 Å². The van der Waals surface area contributed by atoms with Crippen molar-refractivity contribution >= 4 is 0 Å². The maximum absolute atomic E-state index is 13.3. The average molecular weight is 251 g/mol. The Morgan fingerprint density at radius 2 is 2.39 bits per heavy atom. The van der Waals surface area contributed by atoms with Crippen LogP contribution >= 0.6 is 0 Å². The van der Waals surface area contributed by atoms with Crippen molar-refractivity contribution in [3.05, 3.63) is 29.8 Å². The molecule has 2 atom stereocenters. The summed E-state index contributed by atoms with van der Waals surface area (Å²) in [7, 11) is 0. The second-order valence-corrected chi connectivity index (χ2v) is 5.00. The number of nitrogens with one attached hydrogen (secondary N) is 1. The summed E-state index contributed by atoms with van der Waals surface area (Å²) in [6, 6.07) is 2.38. The number of nitrogens with zero attached hydrogens (tertiary/aromatic N) is 2. The van der Waals surface area contributed by atoms with E-state index in [1.807, 2.05) is 0 Å². The van der Waals surface area contributed by atoms with Crippen molar-refractivity contribution in [1.29, 1.82) is 0 Å². The number of rotatable bonds is 5. The summed E-state index contributed by atoms with van der Waals surface area (Å²) >= 11 is 0. The van der Waals surface area contributed by atoms with E-state index in [-0.39, 0.29) is 11.9 Å². The highest BCUT2D eigenvalue weighted by Gasteiger charge is 2.26. The molecule has 1 fully saturated rings. The van der Waals surface area contributed by atoms with E-state index in [1.165, 1.54) is 12.6 Å². The Morgan fingerprint density at radius 3 is 3.00 bits per heavy atom. The zero-order chi connectivity index (χ0) is 13.0. The lowest BCUT2D eigenvalue weighted by atomic mass is 10.1. The Hall–Kier alpha value is -1.00. The van der Waals surface area contributed by atoms with Crippen molar-refractivity contribution in [3.63, 3.8) is 0 Å². The zero-order valence-electron chi connectivity index (χ0n) is 11.2. The van der Waals surface area contributed by atoms with Crippen LogP contribution in [0.25, 0.3) is 0 Å². The number of hydrogen-bond acceptors (Lipinski definition) is 3. The molecule has 18 heavy (non-hydrogen) atoms. The molecule has 1 saturated heterocycles. The van der Waals surface area contributed by atoms with Gasteiger partial charge < -0.3 is 5.32 Å². The van der Waals surface area contributed by atoms with E-state index in [9.17, 15) is 4.39 Å². The molecule has 1 aliphatic heterocycles. The second-order valence-electron chi connectivity index (χ2n) is 5.00. The maximum Gasteiger partial charge on any atom is 0.141 e. The predicted octanol–water partition coefficient (Wildman–Crippen LogP) is 2.36. The van der Waals surface area contributed by atoms with Crippen molar-refractivity contribution in [1.82, 2.24) is 15.2 Å². The normalized spacial score (nSPS) is 21.4. The fourth-order valence-corrected chi connectivity index (χ4v) is 2.72. The monoisotopic (exact) mass is 251 g/mol. The third kappa shape index (κ3) is 3.06.